The highest BCUT2D eigenvalue weighted by atomic mass is 79.9. The van der Waals surface area contributed by atoms with Crippen molar-refractivity contribution in [2.75, 3.05) is 4.72 Å². The van der Waals surface area contributed by atoms with Gasteiger partial charge >= 0.3 is 0 Å². The van der Waals surface area contributed by atoms with Crippen LogP contribution in [0.15, 0.2) is 45.8 Å². The van der Waals surface area contributed by atoms with Gasteiger partial charge in [-0.05, 0) is 47.1 Å². The van der Waals surface area contributed by atoms with E-state index < -0.39 is 10.0 Å². The quantitative estimate of drug-likeness (QED) is 0.755. The number of nitrogens with one attached hydrogen (secondary N) is 1. The molecule has 0 fully saturated rings. The van der Waals surface area contributed by atoms with Crippen LogP contribution in [-0.2, 0) is 10.0 Å². The topological polar surface area (TPSA) is 46.2 Å². The molecule has 106 valence electrons. The van der Waals surface area contributed by atoms with Crippen molar-refractivity contribution in [3.8, 4) is 0 Å². The van der Waals surface area contributed by atoms with Crippen LogP contribution in [0.1, 0.15) is 5.56 Å². The Kier molecular flexibility index (Phi) is 4.64. The summed E-state index contributed by atoms with van der Waals surface area (Å²) in [5, 5.41) is 0.632. The van der Waals surface area contributed by atoms with E-state index in [0.29, 0.717) is 9.50 Å². The monoisotopic (exact) mass is 393 g/mol. The molecule has 0 atom stereocenters. The minimum Gasteiger partial charge on any atom is -0.278 e. The number of hydrogen-bond donors (Lipinski definition) is 1. The number of sulfonamides is 1. The molecule has 20 heavy (non-hydrogen) atoms. The highest BCUT2D eigenvalue weighted by molar-refractivity contribution is 9.10. The predicted molar refractivity (Wildman–Crippen MR) is 86.1 cm³/mol. The van der Waals surface area contributed by atoms with Gasteiger partial charge in [0.15, 0.2) is 0 Å². The summed E-state index contributed by atoms with van der Waals surface area (Å²) in [7, 11) is -3.69. The van der Waals surface area contributed by atoms with Crippen molar-refractivity contribution >= 4 is 54.8 Å². The van der Waals surface area contributed by atoms with Crippen LogP contribution in [0.2, 0.25) is 10.0 Å². The van der Waals surface area contributed by atoms with E-state index in [4.69, 9.17) is 23.2 Å². The third-order valence-corrected chi connectivity index (χ3v) is 5.48. The van der Waals surface area contributed by atoms with E-state index in [1.165, 1.54) is 24.3 Å². The minimum atomic E-state index is -3.69. The number of halogens is 3. The molecule has 0 amide bonds. The fourth-order valence-electron chi connectivity index (χ4n) is 1.52. The molecule has 0 aromatic heterocycles. The van der Waals surface area contributed by atoms with Crippen LogP contribution >= 0.6 is 39.1 Å². The number of hydrogen-bond acceptors (Lipinski definition) is 2. The Morgan fingerprint density at radius 1 is 1.05 bits per heavy atom. The standard InChI is InChI=1S/C13H10BrCl2NO2S/c1-8-2-4-9(5-3-8)20(18,19)17-13-7-11(15)10(14)6-12(13)16/h2-7,17H,1H3. The SMILES string of the molecule is Cc1ccc(S(=O)(=O)Nc2cc(Cl)c(Br)cc2Cl)cc1. The summed E-state index contributed by atoms with van der Waals surface area (Å²) in [6.45, 7) is 1.88. The molecule has 0 saturated carbocycles. The lowest BCUT2D eigenvalue weighted by atomic mass is 10.2. The van der Waals surface area contributed by atoms with Crippen molar-refractivity contribution in [2.45, 2.75) is 11.8 Å². The molecule has 0 saturated heterocycles. The molecular weight excluding hydrogens is 385 g/mol. The van der Waals surface area contributed by atoms with Crippen molar-refractivity contribution in [3.63, 3.8) is 0 Å². The summed E-state index contributed by atoms with van der Waals surface area (Å²) in [4.78, 5) is 0.165. The molecule has 2 aromatic carbocycles. The molecule has 7 heteroatoms. The second-order valence-electron chi connectivity index (χ2n) is 4.16. The Morgan fingerprint density at radius 2 is 1.65 bits per heavy atom. The molecule has 0 aliphatic rings. The lowest BCUT2D eigenvalue weighted by Crippen LogP contribution is -2.13. The normalized spacial score (nSPS) is 11.4. The summed E-state index contributed by atoms with van der Waals surface area (Å²) < 4.78 is 27.5. The van der Waals surface area contributed by atoms with Crippen LogP contribution in [-0.4, -0.2) is 8.42 Å². The molecule has 0 spiro atoms. The lowest BCUT2D eigenvalue weighted by Gasteiger charge is -2.11. The van der Waals surface area contributed by atoms with E-state index in [0.717, 1.165) is 5.56 Å². The summed E-state index contributed by atoms with van der Waals surface area (Å²) in [6.07, 6.45) is 0. The molecule has 0 heterocycles. The molecular formula is C13H10BrCl2NO2S. The smallest absolute Gasteiger partial charge is 0.261 e. The van der Waals surface area contributed by atoms with E-state index in [1.807, 2.05) is 6.92 Å². The number of anilines is 1. The Labute approximate surface area is 136 Å². The average Bonchev–Trinajstić information content (AvgIpc) is 2.36. The minimum absolute atomic E-state index is 0.165. The fraction of sp³-hybridized carbons (Fsp3) is 0.0769. The molecule has 1 N–H and O–H groups in total. The van der Waals surface area contributed by atoms with E-state index in [9.17, 15) is 8.42 Å². The lowest BCUT2D eigenvalue weighted by molar-refractivity contribution is 0.601. The maximum Gasteiger partial charge on any atom is 0.261 e. The fourth-order valence-corrected chi connectivity index (χ4v) is 3.50. The van der Waals surface area contributed by atoms with Crippen LogP contribution in [0, 0.1) is 6.92 Å². The van der Waals surface area contributed by atoms with Gasteiger partial charge < -0.3 is 0 Å². The first kappa shape index (κ1) is 15.6. The van der Waals surface area contributed by atoms with Crippen molar-refractivity contribution < 1.29 is 8.42 Å². The van der Waals surface area contributed by atoms with Gasteiger partial charge in [-0.25, -0.2) is 8.42 Å². The van der Waals surface area contributed by atoms with Crippen molar-refractivity contribution in [1.82, 2.24) is 0 Å². The zero-order valence-electron chi connectivity index (χ0n) is 10.3. The van der Waals surface area contributed by atoms with Gasteiger partial charge in [-0.15, -0.1) is 0 Å². The van der Waals surface area contributed by atoms with Gasteiger partial charge in [-0.2, -0.15) is 0 Å². The Hall–Kier alpha value is -0.750. The average molecular weight is 395 g/mol. The Balaban J connectivity index is 2.38. The first-order chi connectivity index (χ1) is 9.29. The van der Waals surface area contributed by atoms with Gasteiger partial charge in [-0.1, -0.05) is 40.9 Å². The number of aryl methyl sites for hydroxylation is 1. The van der Waals surface area contributed by atoms with E-state index in [2.05, 4.69) is 20.7 Å². The van der Waals surface area contributed by atoms with Crippen LogP contribution in [0.25, 0.3) is 0 Å². The van der Waals surface area contributed by atoms with Crippen molar-refractivity contribution in [3.05, 3.63) is 56.5 Å². The maximum absolute atomic E-state index is 12.2. The molecule has 3 nitrogen and oxygen atoms in total. The van der Waals surface area contributed by atoms with Gasteiger partial charge in [-0.3, -0.25) is 4.72 Å². The van der Waals surface area contributed by atoms with Crippen LogP contribution in [0.3, 0.4) is 0 Å². The molecule has 2 aromatic rings. The highest BCUT2D eigenvalue weighted by Crippen LogP contribution is 2.33. The summed E-state index contributed by atoms with van der Waals surface area (Å²) in [5.74, 6) is 0. The summed E-state index contributed by atoms with van der Waals surface area (Å²) >= 11 is 15.2. The van der Waals surface area contributed by atoms with Gasteiger partial charge in [0.05, 0.1) is 20.6 Å². The first-order valence-electron chi connectivity index (χ1n) is 5.53. The molecule has 2 rings (SSSR count). The molecule has 0 bridgehead atoms. The molecule has 0 unspecified atom stereocenters. The summed E-state index contributed by atoms with van der Waals surface area (Å²) in [6, 6.07) is 9.52. The molecule has 0 aliphatic heterocycles. The first-order valence-corrected chi connectivity index (χ1v) is 8.57. The van der Waals surface area contributed by atoms with Crippen LogP contribution in [0.5, 0.6) is 0 Å². The zero-order valence-corrected chi connectivity index (χ0v) is 14.2. The van der Waals surface area contributed by atoms with E-state index in [-0.39, 0.29) is 15.6 Å². The van der Waals surface area contributed by atoms with Crippen molar-refractivity contribution in [2.24, 2.45) is 0 Å². The largest absolute Gasteiger partial charge is 0.278 e. The second kappa shape index (κ2) is 5.93. The van der Waals surface area contributed by atoms with Gasteiger partial charge in [0.1, 0.15) is 0 Å². The third kappa shape index (κ3) is 3.47. The van der Waals surface area contributed by atoms with E-state index >= 15 is 0 Å². The summed E-state index contributed by atoms with van der Waals surface area (Å²) in [5.41, 5.74) is 1.22. The van der Waals surface area contributed by atoms with Gasteiger partial charge in [0.25, 0.3) is 10.0 Å². The number of benzene rings is 2. The molecule has 0 aliphatic carbocycles. The maximum atomic E-state index is 12.2. The Morgan fingerprint density at radius 3 is 2.25 bits per heavy atom. The predicted octanol–water partition coefficient (Wildman–Crippen LogP) is 4.87. The zero-order chi connectivity index (χ0) is 14.9. The van der Waals surface area contributed by atoms with E-state index in [1.54, 1.807) is 12.1 Å². The number of rotatable bonds is 3. The third-order valence-electron chi connectivity index (χ3n) is 2.59. The van der Waals surface area contributed by atoms with Crippen LogP contribution in [0.4, 0.5) is 5.69 Å². The Bertz CT molecular complexity index is 746. The van der Waals surface area contributed by atoms with Crippen LogP contribution < -0.4 is 4.72 Å². The van der Waals surface area contributed by atoms with Crippen molar-refractivity contribution in [1.29, 1.82) is 0 Å². The second-order valence-corrected chi connectivity index (χ2v) is 7.52. The van der Waals surface area contributed by atoms with Gasteiger partial charge in [0, 0.05) is 4.47 Å². The highest BCUT2D eigenvalue weighted by Gasteiger charge is 2.16. The molecule has 0 radical (unpaired) electrons. The van der Waals surface area contributed by atoms with Gasteiger partial charge in [0.2, 0.25) is 0 Å².